The van der Waals surface area contributed by atoms with Crippen molar-refractivity contribution in [2.24, 2.45) is 11.8 Å². The van der Waals surface area contributed by atoms with Crippen LogP contribution in [0, 0.1) is 11.8 Å². The SMILES string of the molecule is CC(C)CC(=O)NC(C(=O)NCCOc1cccc(C(F)(F)F)c1)C(C)C. The summed E-state index contributed by atoms with van der Waals surface area (Å²) in [5.74, 6) is -0.397. The maximum absolute atomic E-state index is 12.7. The fraction of sp³-hybridized carbons (Fsp3) is 0.579. The topological polar surface area (TPSA) is 67.4 Å². The smallest absolute Gasteiger partial charge is 0.416 e. The van der Waals surface area contributed by atoms with Crippen molar-refractivity contribution in [3.63, 3.8) is 0 Å². The molecule has 0 aliphatic carbocycles. The summed E-state index contributed by atoms with van der Waals surface area (Å²) < 4.78 is 43.3. The van der Waals surface area contributed by atoms with E-state index in [0.29, 0.717) is 6.42 Å². The van der Waals surface area contributed by atoms with Gasteiger partial charge in [0, 0.05) is 6.42 Å². The van der Waals surface area contributed by atoms with Crippen molar-refractivity contribution in [3.05, 3.63) is 29.8 Å². The molecule has 2 amide bonds. The summed E-state index contributed by atoms with van der Waals surface area (Å²) >= 11 is 0. The third-order valence-electron chi connectivity index (χ3n) is 3.69. The predicted molar refractivity (Wildman–Crippen MR) is 96.2 cm³/mol. The number of halogens is 3. The first kappa shape index (κ1) is 22.8. The number of amides is 2. The third kappa shape index (κ3) is 8.32. The van der Waals surface area contributed by atoms with Crippen molar-refractivity contribution in [1.29, 1.82) is 0 Å². The predicted octanol–water partition coefficient (Wildman–Crippen LogP) is 3.39. The Bertz CT molecular complexity index is 631. The number of benzene rings is 1. The summed E-state index contributed by atoms with van der Waals surface area (Å²) in [6.45, 7) is 7.58. The fourth-order valence-electron chi connectivity index (χ4n) is 2.35. The first-order valence-corrected chi connectivity index (χ1v) is 8.87. The van der Waals surface area contributed by atoms with Crippen molar-refractivity contribution in [2.75, 3.05) is 13.2 Å². The molecule has 0 fully saturated rings. The van der Waals surface area contributed by atoms with Gasteiger partial charge in [-0.15, -0.1) is 0 Å². The summed E-state index contributed by atoms with van der Waals surface area (Å²) in [4.78, 5) is 24.2. The lowest BCUT2D eigenvalue weighted by Crippen LogP contribution is -2.50. The average Bonchev–Trinajstić information content (AvgIpc) is 2.55. The van der Waals surface area contributed by atoms with Gasteiger partial charge in [-0.25, -0.2) is 0 Å². The van der Waals surface area contributed by atoms with E-state index in [2.05, 4.69) is 10.6 Å². The fourth-order valence-corrected chi connectivity index (χ4v) is 2.35. The van der Waals surface area contributed by atoms with Crippen LogP contribution in [0.5, 0.6) is 5.75 Å². The highest BCUT2D eigenvalue weighted by atomic mass is 19.4. The van der Waals surface area contributed by atoms with Crippen molar-refractivity contribution >= 4 is 11.8 Å². The van der Waals surface area contributed by atoms with Crippen LogP contribution in [0.25, 0.3) is 0 Å². The van der Waals surface area contributed by atoms with Gasteiger partial charge < -0.3 is 15.4 Å². The van der Waals surface area contributed by atoms with E-state index < -0.39 is 17.8 Å². The lowest BCUT2D eigenvalue weighted by atomic mass is 10.0. The second kappa shape index (κ2) is 10.2. The van der Waals surface area contributed by atoms with E-state index in [1.165, 1.54) is 12.1 Å². The van der Waals surface area contributed by atoms with Gasteiger partial charge >= 0.3 is 6.18 Å². The summed E-state index contributed by atoms with van der Waals surface area (Å²) in [5.41, 5.74) is -0.795. The third-order valence-corrected chi connectivity index (χ3v) is 3.69. The number of hydrogen-bond donors (Lipinski definition) is 2. The number of carbonyl (C=O) groups excluding carboxylic acids is 2. The zero-order valence-corrected chi connectivity index (χ0v) is 16.0. The monoisotopic (exact) mass is 388 g/mol. The van der Waals surface area contributed by atoms with E-state index in [4.69, 9.17) is 4.74 Å². The van der Waals surface area contributed by atoms with E-state index >= 15 is 0 Å². The Labute approximate surface area is 157 Å². The van der Waals surface area contributed by atoms with Crippen LogP contribution in [0.4, 0.5) is 13.2 Å². The van der Waals surface area contributed by atoms with Crippen LogP contribution in [0.2, 0.25) is 0 Å². The summed E-state index contributed by atoms with van der Waals surface area (Å²) in [7, 11) is 0. The normalized spacial score (nSPS) is 12.8. The lowest BCUT2D eigenvalue weighted by Gasteiger charge is -2.22. The molecule has 0 spiro atoms. The Morgan fingerprint density at radius 1 is 1.15 bits per heavy atom. The Kier molecular flexibility index (Phi) is 8.59. The molecule has 1 atom stereocenters. The number of carbonyl (C=O) groups is 2. The van der Waals surface area contributed by atoms with Gasteiger partial charge in [0.15, 0.2) is 0 Å². The molecule has 5 nitrogen and oxygen atoms in total. The van der Waals surface area contributed by atoms with E-state index in [0.717, 1.165) is 12.1 Å². The van der Waals surface area contributed by atoms with Gasteiger partial charge in [0.1, 0.15) is 18.4 Å². The van der Waals surface area contributed by atoms with E-state index in [-0.39, 0.29) is 42.6 Å². The molecule has 0 heterocycles. The van der Waals surface area contributed by atoms with E-state index in [1.807, 2.05) is 27.7 Å². The standard InChI is InChI=1S/C19H27F3N2O3/c1-12(2)10-16(25)24-17(13(3)4)18(26)23-8-9-27-15-7-5-6-14(11-15)19(20,21)22/h5-7,11-13,17H,8-10H2,1-4H3,(H,23,26)(H,24,25). The van der Waals surface area contributed by atoms with Crippen LogP contribution >= 0.6 is 0 Å². The Morgan fingerprint density at radius 2 is 1.81 bits per heavy atom. The summed E-state index contributed by atoms with van der Waals surface area (Å²) in [6, 6.07) is 3.87. The van der Waals surface area contributed by atoms with Crippen LogP contribution < -0.4 is 15.4 Å². The van der Waals surface area contributed by atoms with Gasteiger partial charge in [-0.3, -0.25) is 9.59 Å². The first-order chi connectivity index (χ1) is 12.5. The van der Waals surface area contributed by atoms with Gasteiger partial charge in [-0.2, -0.15) is 13.2 Å². The van der Waals surface area contributed by atoms with Crippen LogP contribution in [0.1, 0.15) is 39.7 Å². The molecule has 0 bridgehead atoms. The van der Waals surface area contributed by atoms with E-state index in [9.17, 15) is 22.8 Å². The molecular weight excluding hydrogens is 361 g/mol. The maximum Gasteiger partial charge on any atom is 0.416 e. The minimum absolute atomic E-state index is 0.0117. The first-order valence-electron chi connectivity index (χ1n) is 8.87. The van der Waals surface area contributed by atoms with Gasteiger partial charge in [0.2, 0.25) is 11.8 Å². The van der Waals surface area contributed by atoms with E-state index in [1.54, 1.807) is 0 Å². The number of hydrogen-bond acceptors (Lipinski definition) is 3. The number of alkyl halides is 3. The van der Waals surface area contributed by atoms with Crippen molar-refractivity contribution < 1.29 is 27.5 Å². The van der Waals surface area contributed by atoms with Gasteiger partial charge in [0.25, 0.3) is 0 Å². The Morgan fingerprint density at radius 3 is 2.37 bits per heavy atom. The number of rotatable bonds is 9. The largest absolute Gasteiger partial charge is 0.492 e. The quantitative estimate of drug-likeness (QED) is 0.638. The molecule has 1 rings (SSSR count). The van der Waals surface area contributed by atoms with Gasteiger partial charge in [0.05, 0.1) is 12.1 Å². The van der Waals surface area contributed by atoms with Crippen LogP contribution in [0.15, 0.2) is 24.3 Å². The molecule has 0 radical (unpaired) electrons. The molecule has 1 aromatic rings. The molecule has 1 unspecified atom stereocenters. The lowest BCUT2D eigenvalue weighted by molar-refractivity contribution is -0.137. The maximum atomic E-state index is 12.7. The number of ether oxygens (including phenoxy) is 1. The molecule has 8 heteroatoms. The molecular formula is C19H27F3N2O3. The molecule has 0 aromatic heterocycles. The van der Waals surface area contributed by atoms with Gasteiger partial charge in [-0.05, 0) is 30.0 Å². The minimum Gasteiger partial charge on any atom is -0.492 e. The molecule has 2 N–H and O–H groups in total. The second-order valence-electron chi connectivity index (χ2n) is 7.05. The van der Waals surface area contributed by atoms with Crippen molar-refractivity contribution in [3.8, 4) is 5.75 Å². The Balaban J connectivity index is 2.49. The average molecular weight is 388 g/mol. The molecule has 0 aliphatic heterocycles. The number of nitrogens with one attached hydrogen (secondary N) is 2. The summed E-state index contributed by atoms with van der Waals surface area (Å²) in [6.07, 6.45) is -4.11. The molecule has 152 valence electrons. The highest BCUT2D eigenvalue weighted by Crippen LogP contribution is 2.31. The zero-order chi connectivity index (χ0) is 20.6. The highest BCUT2D eigenvalue weighted by Gasteiger charge is 2.30. The molecule has 0 saturated heterocycles. The van der Waals surface area contributed by atoms with Crippen LogP contribution in [0.3, 0.4) is 0 Å². The van der Waals surface area contributed by atoms with Crippen LogP contribution in [-0.2, 0) is 15.8 Å². The second-order valence-corrected chi connectivity index (χ2v) is 7.05. The van der Waals surface area contributed by atoms with Crippen molar-refractivity contribution in [2.45, 2.75) is 46.3 Å². The van der Waals surface area contributed by atoms with Crippen LogP contribution in [-0.4, -0.2) is 31.0 Å². The highest BCUT2D eigenvalue weighted by molar-refractivity contribution is 5.87. The van der Waals surface area contributed by atoms with Crippen molar-refractivity contribution in [1.82, 2.24) is 10.6 Å². The summed E-state index contributed by atoms with van der Waals surface area (Å²) in [5, 5.41) is 5.35. The molecule has 0 aliphatic rings. The molecule has 27 heavy (non-hydrogen) atoms. The molecule has 0 saturated carbocycles. The zero-order valence-electron chi connectivity index (χ0n) is 16.0. The molecule has 1 aromatic carbocycles. The van der Waals surface area contributed by atoms with Gasteiger partial charge in [-0.1, -0.05) is 33.8 Å². The Hall–Kier alpha value is -2.25. The minimum atomic E-state index is -4.44.